The van der Waals surface area contributed by atoms with E-state index in [4.69, 9.17) is 16.3 Å². The number of methoxy groups -OCH3 is 1. The molecule has 0 saturated heterocycles. The molecule has 1 amide bonds. The molecule has 0 aliphatic rings. The molecular weight excluding hydrogens is 228 g/mol. The van der Waals surface area contributed by atoms with Gasteiger partial charge in [-0.3, -0.25) is 4.79 Å². The SMILES string of the molecule is COc1cc(CCN(C)C(=O)CCl)ccn1. The number of ether oxygens (including phenoxy) is 1. The second-order valence-electron chi connectivity index (χ2n) is 3.41. The monoisotopic (exact) mass is 242 g/mol. The third-order valence-electron chi connectivity index (χ3n) is 2.28. The molecule has 0 N–H and O–H groups in total. The summed E-state index contributed by atoms with van der Waals surface area (Å²) in [5.74, 6) is 0.544. The standard InChI is InChI=1S/C11H15ClN2O2/c1-14(11(15)8-12)6-4-9-3-5-13-10(7-9)16-2/h3,5,7H,4,6,8H2,1-2H3. The van der Waals surface area contributed by atoms with Crippen molar-refractivity contribution in [3.05, 3.63) is 23.9 Å². The van der Waals surface area contributed by atoms with Gasteiger partial charge in [-0.15, -0.1) is 11.6 Å². The summed E-state index contributed by atoms with van der Waals surface area (Å²) in [6.45, 7) is 0.638. The van der Waals surface area contributed by atoms with Gasteiger partial charge in [0.25, 0.3) is 0 Å². The van der Waals surface area contributed by atoms with Gasteiger partial charge in [-0.05, 0) is 18.1 Å². The molecule has 1 aromatic rings. The Labute approximate surface area is 100 Å². The van der Waals surface area contributed by atoms with Gasteiger partial charge < -0.3 is 9.64 Å². The minimum Gasteiger partial charge on any atom is -0.481 e. The minimum absolute atomic E-state index is 0.0240. The third kappa shape index (κ3) is 3.70. The fourth-order valence-electron chi connectivity index (χ4n) is 1.24. The van der Waals surface area contributed by atoms with Gasteiger partial charge in [-0.25, -0.2) is 4.98 Å². The van der Waals surface area contributed by atoms with Crippen LogP contribution < -0.4 is 4.74 Å². The Bertz CT molecular complexity index is 358. The second kappa shape index (κ2) is 6.33. The molecule has 0 spiro atoms. The Hall–Kier alpha value is -1.29. The second-order valence-corrected chi connectivity index (χ2v) is 3.67. The van der Waals surface area contributed by atoms with Crippen LogP contribution in [0.5, 0.6) is 5.88 Å². The average molecular weight is 243 g/mol. The van der Waals surface area contributed by atoms with Gasteiger partial charge >= 0.3 is 0 Å². The predicted molar refractivity (Wildman–Crippen MR) is 62.9 cm³/mol. The van der Waals surface area contributed by atoms with Gasteiger partial charge in [-0.1, -0.05) is 0 Å². The van der Waals surface area contributed by atoms with E-state index in [1.807, 2.05) is 12.1 Å². The maximum absolute atomic E-state index is 11.2. The number of alkyl halides is 1. The van der Waals surface area contributed by atoms with Crippen LogP contribution in [0.15, 0.2) is 18.3 Å². The molecule has 0 bridgehead atoms. The van der Waals surface area contributed by atoms with Crippen LogP contribution in [0.1, 0.15) is 5.56 Å². The third-order valence-corrected chi connectivity index (χ3v) is 2.51. The van der Waals surface area contributed by atoms with Gasteiger partial charge in [0.05, 0.1) is 7.11 Å². The quantitative estimate of drug-likeness (QED) is 0.732. The van der Waals surface area contributed by atoms with E-state index in [2.05, 4.69) is 4.98 Å². The van der Waals surface area contributed by atoms with E-state index < -0.39 is 0 Å². The molecule has 1 aromatic heterocycles. The Balaban J connectivity index is 2.51. The van der Waals surface area contributed by atoms with Crippen LogP contribution in [0, 0.1) is 0 Å². The van der Waals surface area contributed by atoms with Crippen molar-refractivity contribution in [3.8, 4) is 5.88 Å². The van der Waals surface area contributed by atoms with E-state index in [9.17, 15) is 4.79 Å². The lowest BCUT2D eigenvalue weighted by Crippen LogP contribution is -2.29. The van der Waals surface area contributed by atoms with Crippen LogP contribution in [-0.2, 0) is 11.2 Å². The van der Waals surface area contributed by atoms with E-state index in [-0.39, 0.29) is 11.8 Å². The number of nitrogens with zero attached hydrogens (tertiary/aromatic N) is 2. The summed E-state index contributed by atoms with van der Waals surface area (Å²) >= 11 is 5.46. The maximum atomic E-state index is 11.2. The van der Waals surface area contributed by atoms with Crippen LogP contribution in [-0.4, -0.2) is 42.4 Å². The Morgan fingerprint density at radius 2 is 2.38 bits per heavy atom. The number of hydrogen-bond acceptors (Lipinski definition) is 3. The van der Waals surface area contributed by atoms with Gasteiger partial charge in [-0.2, -0.15) is 0 Å². The summed E-state index contributed by atoms with van der Waals surface area (Å²) in [5.41, 5.74) is 1.08. The molecule has 5 heteroatoms. The molecule has 0 unspecified atom stereocenters. The van der Waals surface area contributed by atoms with E-state index in [0.717, 1.165) is 12.0 Å². The highest BCUT2D eigenvalue weighted by Gasteiger charge is 2.06. The van der Waals surface area contributed by atoms with Gasteiger partial charge in [0, 0.05) is 25.9 Å². The fraction of sp³-hybridized carbons (Fsp3) is 0.455. The number of aromatic nitrogens is 1. The number of hydrogen-bond donors (Lipinski definition) is 0. The molecule has 1 rings (SSSR count). The summed E-state index contributed by atoms with van der Waals surface area (Å²) in [7, 11) is 3.32. The van der Waals surface area contributed by atoms with E-state index in [0.29, 0.717) is 12.4 Å². The topological polar surface area (TPSA) is 42.4 Å². The molecule has 0 fully saturated rings. The van der Waals surface area contributed by atoms with Crippen LogP contribution in [0.4, 0.5) is 0 Å². The normalized spacial score (nSPS) is 9.94. The minimum atomic E-state index is -0.0670. The number of rotatable bonds is 5. The number of amides is 1. The molecule has 0 radical (unpaired) electrons. The highest BCUT2D eigenvalue weighted by atomic mass is 35.5. The van der Waals surface area contributed by atoms with E-state index in [1.165, 1.54) is 0 Å². The molecule has 0 atom stereocenters. The first-order valence-electron chi connectivity index (χ1n) is 4.96. The van der Waals surface area contributed by atoms with Crippen molar-refractivity contribution in [2.24, 2.45) is 0 Å². The zero-order chi connectivity index (χ0) is 12.0. The Kier molecular flexibility index (Phi) is 5.05. The number of carbonyl (C=O) groups excluding carboxylic acids is 1. The van der Waals surface area contributed by atoms with E-state index >= 15 is 0 Å². The number of pyridine rings is 1. The van der Waals surface area contributed by atoms with Crippen molar-refractivity contribution in [1.82, 2.24) is 9.88 Å². The van der Waals surface area contributed by atoms with Crippen molar-refractivity contribution in [2.45, 2.75) is 6.42 Å². The smallest absolute Gasteiger partial charge is 0.237 e. The predicted octanol–water partition coefficient (Wildman–Crippen LogP) is 1.33. The summed E-state index contributed by atoms with van der Waals surface area (Å²) in [4.78, 5) is 16.8. The maximum Gasteiger partial charge on any atom is 0.237 e. The van der Waals surface area contributed by atoms with E-state index in [1.54, 1.807) is 25.3 Å². The van der Waals surface area contributed by atoms with Crippen molar-refractivity contribution in [2.75, 3.05) is 26.6 Å². The number of carbonyl (C=O) groups is 1. The Morgan fingerprint density at radius 1 is 1.62 bits per heavy atom. The molecule has 1 heterocycles. The number of halogens is 1. The van der Waals surface area contributed by atoms with Crippen molar-refractivity contribution >= 4 is 17.5 Å². The zero-order valence-corrected chi connectivity index (χ0v) is 10.2. The first-order chi connectivity index (χ1) is 7.67. The molecule has 16 heavy (non-hydrogen) atoms. The van der Waals surface area contributed by atoms with Gasteiger partial charge in [0.15, 0.2) is 0 Å². The molecule has 0 aliphatic heterocycles. The molecule has 0 aliphatic carbocycles. The first kappa shape index (κ1) is 12.8. The van der Waals surface area contributed by atoms with Crippen LogP contribution in [0.3, 0.4) is 0 Å². The largest absolute Gasteiger partial charge is 0.481 e. The van der Waals surface area contributed by atoms with Crippen molar-refractivity contribution in [3.63, 3.8) is 0 Å². The van der Waals surface area contributed by atoms with Crippen molar-refractivity contribution in [1.29, 1.82) is 0 Å². The van der Waals surface area contributed by atoms with Crippen molar-refractivity contribution < 1.29 is 9.53 Å². The summed E-state index contributed by atoms with van der Waals surface area (Å²) in [6, 6.07) is 3.76. The lowest BCUT2D eigenvalue weighted by atomic mass is 10.2. The molecule has 0 aromatic carbocycles. The van der Waals surface area contributed by atoms with Gasteiger partial charge in [0.2, 0.25) is 11.8 Å². The van der Waals surface area contributed by atoms with Crippen LogP contribution in [0.2, 0.25) is 0 Å². The Morgan fingerprint density at radius 3 is 3.00 bits per heavy atom. The highest BCUT2D eigenvalue weighted by molar-refractivity contribution is 6.27. The van der Waals surface area contributed by atoms with Gasteiger partial charge in [0.1, 0.15) is 5.88 Å². The summed E-state index contributed by atoms with van der Waals surface area (Å²) < 4.78 is 5.02. The summed E-state index contributed by atoms with van der Waals surface area (Å²) in [6.07, 6.45) is 2.45. The first-order valence-corrected chi connectivity index (χ1v) is 5.49. The lowest BCUT2D eigenvalue weighted by molar-refractivity contribution is -0.127. The summed E-state index contributed by atoms with van der Waals surface area (Å²) in [5, 5.41) is 0. The molecule has 0 saturated carbocycles. The van der Waals surface area contributed by atoms with Crippen LogP contribution in [0.25, 0.3) is 0 Å². The fourth-order valence-corrected chi connectivity index (χ4v) is 1.45. The van der Waals surface area contributed by atoms with Crippen LogP contribution >= 0.6 is 11.6 Å². The molecule has 4 nitrogen and oxygen atoms in total. The molecular formula is C11H15ClN2O2. The number of likely N-dealkylation sites (N-methyl/N-ethyl adjacent to an activating group) is 1. The molecule has 88 valence electrons. The lowest BCUT2D eigenvalue weighted by Gasteiger charge is -2.15. The highest BCUT2D eigenvalue weighted by Crippen LogP contribution is 2.09. The zero-order valence-electron chi connectivity index (χ0n) is 9.44. The average Bonchev–Trinajstić information content (AvgIpc) is 2.35.